The van der Waals surface area contributed by atoms with Crippen LogP contribution in [0.25, 0.3) is 0 Å². The summed E-state index contributed by atoms with van der Waals surface area (Å²) in [5.74, 6) is 1.42. The SMILES string of the molecule is C=CCc1cc(C(=O)NCc2cccnc2OCC)cc(OC)c1OC. The van der Waals surface area contributed by atoms with Crippen molar-refractivity contribution in [2.75, 3.05) is 20.8 Å². The van der Waals surface area contributed by atoms with Gasteiger partial charge >= 0.3 is 0 Å². The van der Waals surface area contributed by atoms with E-state index in [9.17, 15) is 4.79 Å². The Balaban J connectivity index is 2.22. The van der Waals surface area contributed by atoms with E-state index in [0.29, 0.717) is 42.5 Å². The highest BCUT2D eigenvalue weighted by Gasteiger charge is 2.16. The molecule has 1 amide bonds. The largest absolute Gasteiger partial charge is 0.493 e. The average molecular weight is 356 g/mol. The van der Waals surface area contributed by atoms with Crippen molar-refractivity contribution in [1.29, 1.82) is 0 Å². The first-order valence-electron chi connectivity index (χ1n) is 8.35. The quantitative estimate of drug-likeness (QED) is 0.699. The predicted molar refractivity (Wildman–Crippen MR) is 100 cm³/mol. The zero-order valence-corrected chi connectivity index (χ0v) is 15.4. The first kappa shape index (κ1) is 19.3. The van der Waals surface area contributed by atoms with Crippen LogP contribution in [-0.4, -0.2) is 31.7 Å². The number of pyridine rings is 1. The second-order valence-electron chi connectivity index (χ2n) is 5.45. The minimum absolute atomic E-state index is 0.220. The molecule has 1 aromatic heterocycles. The first-order valence-corrected chi connectivity index (χ1v) is 8.35. The summed E-state index contributed by atoms with van der Waals surface area (Å²) in [7, 11) is 3.11. The van der Waals surface area contributed by atoms with Crippen LogP contribution in [0.1, 0.15) is 28.4 Å². The molecule has 1 N–H and O–H groups in total. The molecule has 0 aliphatic rings. The number of allylic oxidation sites excluding steroid dienone is 1. The number of methoxy groups -OCH3 is 2. The first-order chi connectivity index (χ1) is 12.6. The van der Waals surface area contributed by atoms with Crippen LogP contribution in [-0.2, 0) is 13.0 Å². The Morgan fingerprint density at radius 2 is 2.08 bits per heavy atom. The summed E-state index contributed by atoms with van der Waals surface area (Å²) in [5.41, 5.74) is 2.14. The van der Waals surface area contributed by atoms with Crippen molar-refractivity contribution in [2.45, 2.75) is 19.9 Å². The molecule has 0 atom stereocenters. The molecule has 1 heterocycles. The smallest absolute Gasteiger partial charge is 0.251 e. The van der Waals surface area contributed by atoms with Gasteiger partial charge in [0.2, 0.25) is 5.88 Å². The van der Waals surface area contributed by atoms with Crippen molar-refractivity contribution in [2.24, 2.45) is 0 Å². The maximum absolute atomic E-state index is 12.6. The van der Waals surface area contributed by atoms with Crippen LogP contribution >= 0.6 is 0 Å². The Morgan fingerprint density at radius 1 is 1.27 bits per heavy atom. The summed E-state index contributed by atoms with van der Waals surface area (Å²) >= 11 is 0. The normalized spacial score (nSPS) is 10.1. The van der Waals surface area contributed by atoms with Gasteiger partial charge in [-0.15, -0.1) is 6.58 Å². The molecule has 6 nitrogen and oxygen atoms in total. The predicted octanol–water partition coefficient (Wildman–Crippen LogP) is 3.16. The summed E-state index contributed by atoms with van der Waals surface area (Å²) < 4.78 is 16.2. The molecule has 0 aliphatic heterocycles. The summed E-state index contributed by atoms with van der Waals surface area (Å²) in [6, 6.07) is 7.12. The average Bonchev–Trinajstić information content (AvgIpc) is 2.66. The van der Waals surface area contributed by atoms with E-state index in [1.165, 1.54) is 0 Å². The third kappa shape index (κ3) is 4.53. The van der Waals surface area contributed by atoms with E-state index in [1.807, 2.05) is 19.1 Å². The zero-order chi connectivity index (χ0) is 18.9. The van der Waals surface area contributed by atoms with Gasteiger partial charge < -0.3 is 19.5 Å². The Bertz CT molecular complexity index is 774. The van der Waals surface area contributed by atoms with Crippen LogP contribution < -0.4 is 19.5 Å². The highest BCUT2D eigenvalue weighted by Crippen LogP contribution is 2.33. The zero-order valence-electron chi connectivity index (χ0n) is 15.4. The van der Waals surface area contributed by atoms with E-state index in [4.69, 9.17) is 14.2 Å². The van der Waals surface area contributed by atoms with E-state index < -0.39 is 0 Å². The van der Waals surface area contributed by atoms with Gasteiger partial charge in [0.05, 0.1) is 20.8 Å². The molecule has 0 unspecified atom stereocenters. The second kappa shape index (κ2) is 9.46. The van der Waals surface area contributed by atoms with Crippen LogP contribution in [0.2, 0.25) is 0 Å². The Hall–Kier alpha value is -3.02. The minimum Gasteiger partial charge on any atom is -0.493 e. The summed E-state index contributed by atoms with van der Waals surface area (Å²) in [6.45, 7) is 6.46. The molecule has 138 valence electrons. The van der Waals surface area contributed by atoms with Crippen LogP contribution in [0.3, 0.4) is 0 Å². The number of nitrogens with one attached hydrogen (secondary N) is 1. The van der Waals surface area contributed by atoms with Gasteiger partial charge in [-0.2, -0.15) is 0 Å². The fourth-order valence-corrected chi connectivity index (χ4v) is 2.58. The molecule has 2 aromatic rings. The Labute approximate surface area is 153 Å². The molecule has 26 heavy (non-hydrogen) atoms. The number of nitrogens with zero attached hydrogens (tertiary/aromatic N) is 1. The van der Waals surface area contributed by atoms with Gasteiger partial charge in [-0.1, -0.05) is 12.1 Å². The lowest BCUT2D eigenvalue weighted by Gasteiger charge is -2.15. The monoisotopic (exact) mass is 356 g/mol. The van der Waals surface area contributed by atoms with Crippen molar-refractivity contribution in [3.8, 4) is 17.4 Å². The van der Waals surface area contributed by atoms with Gasteiger partial charge in [0.25, 0.3) is 5.91 Å². The number of carbonyl (C=O) groups excluding carboxylic acids is 1. The molecule has 2 rings (SSSR count). The number of amides is 1. The van der Waals surface area contributed by atoms with E-state index in [1.54, 1.807) is 38.6 Å². The van der Waals surface area contributed by atoms with Crippen molar-refractivity contribution in [3.05, 3.63) is 59.8 Å². The molecule has 6 heteroatoms. The fourth-order valence-electron chi connectivity index (χ4n) is 2.58. The van der Waals surface area contributed by atoms with E-state index in [-0.39, 0.29) is 5.91 Å². The topological polar surface area (TPSA) is 69.7 Å². The van der Waals surface area contributed by atoms with Crippen molar-refractivity contribution < 1.29 is 19.0 Å². The van der Waals surface area contributed by atoms with E-state index in [2.05, 4.69) is 16.9 Å². The molecule has 1 aromatic carbocycles. The van der Waals surface area contributed by atoms with Gasteiger partial charge in [-0.05, 0) is 31.5 Å². The van der Waals surface area contributed by atoms with Crippen molar-refractivity contribution in [1.82, 2.24) is 10.3 Å². The number of ether oxygens (including phenoxy) is 3. The van der Waals surface area contributed by atoms with Crippen molar-refractivity contribution in [3.63, 3.8) is 0 Å². The van der Waals surface area contributed by atoms with Gasteiger partial charge in [0.15, 0.2) is 11.5 Å². The molecule has 0 saturated heterocycles. The standard InChI is InChI=1S/C20H24N2O4/c1-5-8-14-11-16(12-17(24-3)18(14)25-4)19(23)22-13-15-9-7-10-21-20(15)26-6-2/h5,7,9-12H,1,6,8,13H2,2-4H3,(H,22,23). The van der Waals surface area contributed by atoms with Crippen LogP contribution in [0.4, 0.5) is 0 Å². The molecule has 0 fully saturated rings. The molecular formula is C20H24N2O4. The summed E-state index contributed by atoms with van der Waals surface area (Å²) in [4.78, 5) is 16.8. The maximum atomic E-state index is 12.6. The lowest BCUT2D eigenvalue weighted by atomic mass is 10.0. The fraction of sp³-hybridized carbons (Fsp3) is 0.300. The molecule has 0 saturated carbocycles. The minimum atomic E-state index is -0.220. The van der Waals surface area contributed by atoms with Gasteiger partial charge in [-0.3, -0.25) is 4.79 Å². The van der Waals surface area contributed by atoms with Gasteiger partial charge in [0, 0.05) is 29.4 Å². The van der Waals surface area contributed by atoms with E-state index >= 15 is 0 Å². The number of carbonyl (C=O) groups is 1. The number of hydrogen-bond acceptors (Lipinski definition) is 5. The summed E-state index contributed by atoms with van der Waals surface area (Å²) in [6.07, 6.45) is 3.98. The Morgan fingerprint density at radius 3 is 2.73 bits per heavy atom. The third-order valence-corrected chi connectivity index (χ3v) is 3.75. The lowest BCUT2D eigenvalue weighted by Crippen LogP contribution is -2.23. The molecule has 0 bridgehead atoms. The number of benzene rings is 1. The lowest BCUT2D eigenvalue weighted by molar-refractivity contribution is 0.0950. The van der Waals surface area contributed by atoms with Crippen LogP contribution in [0.5, 0.6) is 17.4 Å². The number of aromatic nitrogens is 1. The molecule has 0 aliphatic carbocycles. The van der Waals surface area contributed by atoms with Gasteiger partial charge in [0.1, 0.15) is 0 Å². The molecule has 0 spiro atoms. The Kier molecular flexibility index (Phi) is 7.02. The summed E-state index contributed by atoms with van der Waals surface area (Å²) in [5, 5.41) is 2.89. The van der Waals surface area contributed by atoms with Gasteiger partial charge in [-0.25, -0.2) is 4.98 Å². The maximum Gasteiger partial charge on any atom is 0.251 e. The number of rotatable bonds is 9. The highest BCUT2D eigenvalue weighted by atomic mass is 16.5. The second-order valence-corrected chi connectivity index (χ2v) is 5.45. The van der Waals surface area contributed by atoms with Crippen LogP contribution in [0.15, 0.2) is 43.1 Å². The highest BCUT2D eigenvalue weighted by molar-refractivity contribution is 5.95. The third-order valence-electron chi connectivity index (χ3n) is 3.75. The molecular weight excluding hydrogens is 332 g/mol. The van der Waals surface area contributed by atoms with E-state index in [0.717, 1.165) is 11.1 Å². The molecule has 0 radical (unpaired) electrons. The van der Waals surface area contributed by atoms with Crippen molar-refractivity contribution >= 4 is 5.91 Å². The number of hydrogen-bond donors (Lipinski definition) is 1. The van der Waals surface area contributed by atoms with Crippen LogP contribution in [0, 0.1) is 0 Å².